The van der Waals surface area contributed by atoms with Gasteiger partial charge in [0, 0.05) is 23.9 Å². The fraction of sp³-hybridized carbons (Fsp3) is 0.368. The summed E-state index contributed by atoms with van der Waals surface area (Å²) < 4.78 is 0. The van der Waals surface area contributed by atoms with E-state index in [0.717, 1.165) is 36.9 Å². The minimum absolute atomic E-state index is 0.0941. The van der Waals surface area contributed by atoms with Crippen LogP contribution in [0.25, 0.3) is 0 Å². The number of amides is 2. The molecule has 0 bridgehead atoms. The Balaban J connectivity index is 1.63. The standard InChI is InChI=1S/C19H22N4O3S/c1-11(17(25)21-14-9-7-13(8-10-14)20-12(2)24)27-19-22-16-6-4-3-5-15(16)18(26)23-19/h7-11H,3-6H2,1-2H3,(H,20,24)(H,21,25)(H,22,23,26). The summed E-state index contributed by atoms with van der Waals surface area (Å²) in [5.74, 6) is -0.337. The molecule has 142 valence electrons. The molecule has 0 spiro atoms. The summed E-state index contributed by atoms with van der Waals surface area (Å²) >= 11 is 1.23. The Kier molecular flexibility index (Phi) is 5.95. The molecule has 27 heavy (non-hydrogen) atoms. The molecule has 1 aliphatic carbocycles. The van der Waals surface area contributed by atoms with E-state index >= 15 is 0 Å². The number of hydrogen-bond acceptors (Lipinski definition) is 5. The first-order valence-electron chi connectivity index (χ1n) is 8.89. The molecule has 1 atom stereocenters. The molecular formula is C19H22N4O3S. The summed E-state index contributed by atoms with van der Waals surface area (Å²) in [7, 11) is 0. The zero-order valence-corrected chi connectivity index (χ0v) is 16.1. The van der Waals surface area contributed by atoms with Crippen LogP contribution in [0.15, 0.2) is 34.2 Å². The van der Waals surface area contributed by atoms with E-state index in [1.165, 1.54) is 18.7 Å². The van der Waals surface area contributed by atoms with Gasteiger partial charge in [0.05, 0.1) is 10.9 Å². The van der Waals surface area contributed by atoms with Gasteiger partial charge < -0.3 is 15.6 Å². The van der Waals surface area contributed by atoms with Crippen LogP contribution in [0.5, 0.6) is 0 Å². The lowest BCUT2D eigenvalue weighted by atomic mass is 9.97. The first-order chi connectivity index (χ1) is 12.9. The van der Waals surface area contributed by atoms with Gasteiger partial charge in [0.25, 0.3) is 5.56 Å². The van der Waals surface area contributed by atoms with Crippen LogP contribution in [0.3, 0.4) is 0 Å². The van der Waals surface area contributed by atoms with Gasteiger partial charge in [0.2, 0.25) is 11.8 Å². The maximum atomic E-state index is 12.4. The Morgan fingerprint density at radius 2 is 1.74 bits per heavy atom. The largest absolute Gasteiger partial charge is 0.326 e. The summed E-state index contributed by atoms with van der Waals surface area (Å²) in [4.78, 5) is 43.0. The highest BCUT2D eigenvalue weighted by molar-refractivity contribution is 8.00. The lowest BCUT2D eigenvalue weighted by molar-refractivity contribution is -0.115. The second kappa shape index (κ2) is 8.39. The van der Waals surface area contributed by atoms with Crippen molar-refractivity contribution in [1.29, 1.82) is 0 Å². The van der Waals surface area contributed by atoms with Gasteiger partial charge in [-0.05, 0) is 56.9 Å². The maximum Gasteiger partial charge on any atom is 0.254 e. The number of aromatic nitrogens is 2. The number of benzene rings is 1. The van der Waals surface area contributed by atoms with Crippen molar-refractivity contribution in [3.63, 3.8) is 0 Å². The van der Waals surface area contributed by atoms with Gasteiger partial charge >= 0.3 is 0 Å². The highest BCUT2D eigenvalue weighted by Crippen LogP contribution is 2.23. The second-order valence-corrected chi connectivity index (χ2v) is 7.84. The van der Waals surface area contributed by atoms with E-state index in [-0.39, 0.29) is 17.4 Å². The van der Waals surface area contributed by atoms with E-state index in [1.807, 2.05) is 0 Å². The van der Waals surface area contributed by atoms with Crippen molar-refractivity contribution in [2.45, 2.75) is 49.9 Å². The van der Waals surface area contributed by atoms with E-state index < -0.39 is 5.25 Å². The molecule has 1 heterocycles. The molecule has 0 saturated heterocycles. The molecule has 3 rings (SSSR count). The smallest absolute Gasteiger partial charge is 0.254 e. The molecule has 0 aliphatic heterocycles. The van der Waals surface area contributed by atoms with Crippen molar-refractivity contribution in [2.75, 3.05) is 10.6 Å². The Morgan fingerprint density at radius 1 is 1.11 bits per heavy atom. The van der Waals surface area contributed by atoms with Gasteiger partial charge in [-0.15, -0.1) is 0 Å². The molecule has 1 aliphatic rings. The molecule has 7 nitrogen and oxygen atoms in total. The van der Waals surface area contributed by atoms with Crippen molar-refractivity contribution >= 4 is 35.0 Å². The fourth-order valence-corrected chi connectivity index (χ4v) is 3.76. The minimum Gasteiger partial charge on any atom is -0.326 e. The normalized spacial score (nSPS) is 14.1. The van der Waals surface area contributed by atoms with Crippen LogP contribution in [0.2, 0.25) is 0 Å². The topological polar surface area (TPSA) is 104 Å². The molecule has 3 N–H and O–H groups in total. The highest BCUT2D eigenvalue weighted by Gasteiger charge is 2.19. The van der Waals surface area contributed by atoms with Crippen molar-refractivity contribution in [3.05, 3.63) is 45.9 Å². The minimum atomic E-state index is -0.426. The van der Waals surface area contributed by atoms with Gasteiger partial charge in [0.1, 0.15) is 0 Å². The number of carbonyl (C=O) groups excluding carboxylic acids is 2. The first kappa shape index (κ1) is 19.2. The number of thioether (sulfide) groups is 1. The van der Waals surface area contributed by atoms with Crippen LogP contribution in [-0.4, -0.2) is 27.0 Å². The highest BCUT2D eigenvalue weighted by atomic mass is 32.2. The molecule has 0 radical (unpaired) electrons. The van der Waals surface area contributed by atoms with Crippen molar-refractivity contribution in [1.82, 2.24) is 9.97 Å². The molecule has 1 unspecified atom stereocenters. The molecule has 8 heteroatoms. The lowest BCUT2D eigenvalue weighted by Gasteiger charge is -2.16. The summed E-state index contributed by atoms with van der Waals surface area (Å²) in [5, 5.41) is 5.55. The van der Waals surface area contributed by atoms with E-state index in [1.54, 1.807) is 31.2 Å². The molecule has 0 saturated carbocycles. The van der Waals surface area contributed by atoms with Gasteiger partial charge in [-0.3, -0.25) is 14.4 Å². The number of nitrogens with zero attached hydrogens (tertiary/aromatic N) is 1. The van der Waals surface area contributed by atoms with E-state index in [4.69, 9.17) is 0 Å². The Morgan fingerprint density at radius 3 is 2.41 bits per heavy atom. The lowest BCUT2D eigenvalue weighted by Crippen LogP contribution is -2.25. The van der Waals surface area contributed by atoms with Gasteiger partial charge in [0.15, 0.2) is 5.16 Å². The van der Waals surface area contributed by atoms with Gasteiger partial charge in [-0.25, -0.2) is 4.98 Å². The third-order valence-electron chi connectivity index (χ3n) is 4.30. The van der Waals surface area contributed by atoms with Crippen molar-refractivity contribution in [3.8, 4) is 0 Å². The van der Waals surface area contributed by atoms with E-state index in [9.17, 15) is 14.4 Å². The summed E-state index contributed by atoms with van der Waals surface area (Å²) in [6.45, 7) is 3.21. The predicted molar refractivity (Wildman–Crippen MR) is 106 cm³/mol. The van der Waals surface area contributed by atoms with Gasteiger partial charge in [-0.1, -0.05) is 11.8 Å². The number of nitrogens with one attached hydrogen (secondary N) is 3. The Labute approximate surface area is 161 Å². The number of hydrogen-bond donors (Lipinski definition) is 3. The number of carbonyl (C=O) groups is 2. The average Bonchev–Trinajstić information content (AvgIpc) is 2.63. The Hall–Kier alpha value is -2.61. The van der Waals surface area contributed by atoms with Crippen LogP contribution in [0.4, 0.5) is 11.4 Å². The molecule has 0 fully saturated rings. The number of aryl methyl sites for hydroxylation is 1. The Bertz CT molecular complexity index is 908. The van der Waals surface area contributed by atoms with Gasteiger partial charge in [-0.2, -0.15) is 0 Å². The SMILES string of the molecule is CC(=O)Nc1ccc(NC(=O)C(C)Sc2nc3c(c(=O)[nH]2)CCCC3)cc1. The quantitative estimate of drug-likeness (QED) is 0.541. The number of H-pyrrole nitrogens is 1. The third-order valence-corrected chi connectivity index (χ3v) is 5.28. The van der Waals surface area contributed by atoms with E-state index in [0.29, 0.717) is 16.5 Å². The molecule has 1 aromatic heterocycles. The number of anilines is 2. The number of aromatic amines is 1. The number of rotatable bonds is 5. The molecular weight excluding hydrogens is 364 g/mol. The van der Waals surface area contributed by atoms with Crippen LogP contribution < -0.4 is 16.2 Å². The first-order valence-corrected chi connectivity index (χ1v) is 9.77. The summed E-state index contributed by atoms with van der Waals surface area (Å²) in [5.41, 5.74) is 2.84. The summed E-state index contributed by atoms with van der Waals surface area (Å²) in [6.07, 6.45) is 3.64. The monoisotopic (exact) mass is 386 g/mol. The molecule has 2 amide bonds. The number of fused-ring (bicyclic) bond motifs is 1. The van der Waals surface area contributed by atoms with E-state index in [2.05, 4.69) is 20.6 Å². The van der Waals surface area contributed by atoms with Crippen LogP contribution in [-0.2, 0) is 22.4 Å². The van der Waals surface area contributed by atoms with Crippen molar-refractivity contribution in [2.24, 2.45) is 0 Å². The maximum absolute atomic E-state index is 12.4. The molecule has 1 aromatic carbocycles. The van der Waals surface area contributed by atoms with Crippen molar-refractivity contribution < 1.29 is 9.59 Å². The summed E-state index contributed by atoms with van der Waals surface area (Å²) in [6, 6.07) is 6.88. The third kappa shape index (κ3) is 4.97. The van der Waals surface area contributed by atoms with Crippen LogP contribution in [0.1, 0.15) is 37.9 Å². The zero-order chi connectivity index (χ0) is 19.4. The van der Waals surface area contributed by atoms with Crippen LogP contribution in [0, 0.1) is 0 Å². The fourth-order valence-electron chi connectivity index (χ4n) is 2.94. The second-order valence-electron chi connectivity index (χ2n) is 6.51. The molecule has 2 aromatic rings. The zero-order valence-electron chi connectivity index (χ0n) is 15.3. The predicted octanol–water partition coefficient (Wildman–Crippen LogP) is 2.73. The average molecular weight is 386 g/mol. The van der Waals surface area contributed by atoms with Crippen LogP contribution >= 0.6 is 11.8 Å².